The summed E-state index contributed by atoms with van der Waals surface area (Å²) < 4.78 is 6.77. The average molecular weight is 331 g/mol. The minimum atomic E-state index is -0.0809. The van der Waals surface area contributed by atoms with E-state index < -0.39 is 0 Å². The van der Waals surface area contributed by atoms with Crippen LogP contribution in [0.3, 0.4) is 0 Å². The molecule has 0 aliphatic carbocycles. The first-order valence-corrected chi connectivity index (χ1v) is 8.02. The fourth-order valence-corrected chi connectivity index (χ4v) is 2.85. The molecule has 5 heteroatoms. The van der Waals surface area contributed by atoms with Gasteiger partial charge in [-0.05, 0) is 35.4 Å². The Morgan fingerprint density at radius 1 is 1.08 bits per heavy atom. The summed E-state index contributed by atoms with van der Waals surface area (Å²) in [5.41, 5.74) is 3.35. The first kappa shape index (κ1) is 15.2. The third-order valence-electron chi connectivity index (χ3n) is 4.19. The molecule has 0 amide bonds. The molecular weight excluding hydrogens is 314 g/mol. The van der Waals surface area contributed by atoms with E-state index in [2.05, 4.69) is 9.97 Å². The second kappa shape index (κ2) is 6.28. The highest BCUT2D eigenvalue weighted by atomic mass is 16.5. The second-order valence-corrected chi connectivity index (χ2v) is 5.81. The number of ether oxygens (including phenoxy) is 1. The summed E-state index contributed by atoms with van der Waals surface area (Å²) in [6.07, 6.45) is 4.08. The smallest absolute Gasteiger partial charge is 0.278 e. The van der Waals surface area contributed by atoms with E-state index in [1.165, 1.54) is 0 Å². The molecule has 0 saturated carbocycles. The van der Waals surface area contributed by atoms with Crippen LogP contribution in [-0.2, 0) is 6.42 Å². The minimum absolute atomic E-state index is 0.0809. The van der Waals surface area contributed by atoms with Gasteiger partial charge in [0.2, 0.25) is 0 Å². The summed E-state index contributed by atoms with van der Waals surface area (Å²) in [5, 5.41) is 0. The van der Waals surface area contributed by atoms with Gasteiger partial charge in [-0.15, -0.1) is 0 Å². The third kappa shape index (κ3) is 2.92. The minimum Gasteiger partial charge on any atom is -0.497 e. The highest BCUT2D eigenvalue weighted by molar-refractivity contribution is 5.60. The molecule has 4 rings (SSSR count). The molecule has 0 spiro atoms. The molecule has 0 atom stereocenters. The fourth-order valence-electron chi connectivity index (χ4n) is 2.85. The Balaban J connectivity index is 1.72. The topological polar surface area (TPSA) is 59.9 Å². The third-order valence-corrected chi connectivity index (χ3v) is 4.19. The monoisotopic (exact) mass is 331 g/mol. The van der Waals surface area contributed by atoms with Gasteiger partial charge in [-0.1, -0.05) is 30.3 Å². The highest BCUT2D eigenvalue weighted by Gasteiger charge is 2.15. The van der Waals surface area contributed by atoms with Gasteiger partial charge in [0.25, 0.3) is 5.56 Å². The number of imidazole rings is 1. The Hall–Kier alpha value is -3.34. The van der Waals surface area contributed by atoms with Crippen molar-refractivity contribution in [2.75, 3.05) is 7.11 Å². The number of aromatic amines is 1. The molecule has 1 N–H and O–H groups in total. The first-order chi connectivity index (χ1) is 12.2. The van der Waals surface area contributed by atoms with Crippen molar-refractivity contribution in [2.45, 2.75) is 6.42 Å². The van der Waals surface area contributed by atoms with E-state index in [0.29, 0.717) is 17.9 Å². The van der Waals surface area contributed by atoms with Crippen molar-refractivity contribution < 1.29 is 4.74 Å². The number of fused-ring (bicyclic) bond motifs is 1. The van der Waals surface area contributed by atoms with Crippen LogP contribution in [0.5, 0.6) is 5.75 Å². The quantitative estimate of drug-likeness (QED) is 0.624. The number of benzene rings is 2. The molecule has 2 heterocycles. The fraction of sp³-hybridized carbons (Fsp3) is 0.100. The lowest BCUT2D eigenvalue weighted by Crippen LogP contribution is -2.15. The molecule has 25 heavy (non-hydrogen) atoms. The van der Waals surface area contributed by atoms with Crippen molar-refractivity contribution in [1.82, 2.24) is 14.5 Å². The van der Waals surface area contributed by atoms with Crippen LogP contribution >= 0.6 is 0 Å². The number of nitrogens with one attached hydrogen (secondary N) is 1. The molecule has 2 aliphatic rings. The van der Waals surface area contributed by atoms with Crippen LogP contribution < -0.4 is 10.3 Å². The van der Waals surface area contributed by atoms with Gasteiger partial charge in [-0.25, -0.2) is 4.98 Å². The van der Waals surface area contributed by atoms with Crippen LogP contribution in [0.2, 0.25) is 0 Å². The van der Waals surface area contributed by atoms with E-state index >= 15 is 0 Å². The summed E-state index contributed by atoms with van der Waals surface area (Å²) in [6.45, 7) is 0. The maximum Gasteiger partial charge on any atom is 0.278 e. The summed E-state index contributed by atoms with van der Waals surface area (Å²) >= 11 is 0. The van der Waals surface area contributed by atoms with E-state index in [1.54, 1.807) is 24.1 Å². The molecule has 2 aromatic carbocycles. The van der Waals surface area contributed by atoms with Crippen molar-refractivity contribution in [3.05, 3.63) is 88.6 Å². The van der Waals surface area contributed by atoms with Crippen molar-refractivity contribution in [3.8, 4) is 22.8 Å². The maximum absolute atomic E-state index is 12.7. The van der Waals surface area contributed by atoms with Crippen molar-refractivity contribution in [3.63, 3.8) is 0 Å². The van der Waals surface area contributed by atoms with Gasteiger partial charge in [-0.2, -0.15) is 0 Å². The molecule has 2 aromatic rings. The number of nitrogens with zero attached hydrogens (tertiary/aromatic N) is 2. The van der Waals surface area contributed by atoms with Crippen molar-refractivity contribution in [1.29, 1.82) is 0 Å². The van der Waals surface area contributed by atoms with E-state index in [-0.39, 0.29) is 5.56 Å². The zero-order valence-electron chi connectivity index (χ0n) is 13.8. The number of aromatic nitrogens is 3. The van der Waals surface area contributed by atoms with E-state index in [0.717, 1.165) is 22.6 Å². The van der Waals surface area contributed by atoms with Crippen LogP contribution in [0.1, 0.15) is 11.3 Å². The predicted octanol–water partition coefficient (Wildman–Crippen LogP) is 3.26. The van der Waals surface area contributed by atoms with Crippen LogP contribution in [0.15, 0.2) is 71.8 Å². The van der Waals surface area contributed by atoms with Crippen molar-refractivity contribution >= 4 is 0 Å². The number of hydrogen-bond donors (Lipinski definition) is 1. The Kier molecular flexibility index (Phi) is 3.82. The molecule has 0 saturated heterocycles. The summed E-state index contributed by atoms with van der Waals surface area (Å²) in [7, 11) is 1.64. The molecular formula is C20H17N3O2. The Morgan fingerprint density at radius 3 is 2.56 bits per heavy atom. The normalized spacial score (nSPS) is 10.9. The molecule has 2 aliphatic heterocycles. The van der Waals surface area contributed by atoms with Crippen molar-refractivity contribution in [2.24, 2.45) is 0 Å². The van der Waals surface area contributed by atoms with E-state index in [9.17, 15) is 4.79 Å². The summed E-state index contributed by atoms with van der Waals surface area (Å²) in [4.78, 5) is 20.4. The molecule has 124 valence electrons. The van der Waals surface area contributed by atoms with Gasteiger partial charge in [0.15, 0.2) is 5.82 Å². The molecule has 0 aromatic heterocycles. The zero-order chi connectivity index (χ0) is 17.2. The number of H-pyrrole nitrogens is 1. The molecule has 0 unspecified atom stereocenters. The van der Waals surface area contributed by atoms with Gasteiger partial charge in [0, 0.05) is 18.8 Å². The first-order valence-electron chi connectivity index (χ1n) is 8.02. The molecule has 0 fully saturated rings. The lowest BCUT2D eigenvalue weighted by atomic mass is 10.1. The molecule has 0 bridgehead atoms. The summed E-state index contributed by atoms with van der Waals surface area (Å²) in [6, 6.07) is 17.6. The van der Waals surface area contributed by atoms with Crippen LogP contribution in [0, 0.1) is 0 Å². The van der Waals surface area contributed by atoms with E-state index in [4.69, 9.17) is 4.74 Å². The largest absolute Gasteiger partial charge is 0.497 e. The van der Waals surface area contributed by atoms with Gasteiger partial charge in [-0.3, -0.25) is 9.36 Å². The van der Waals surface area contributed by atoms with Crippen LogP contribution in [0.25, 0.3) is 17.1 Å². The van der Waals surface area contributed by atoms with Crippen LogP contribution in [0.4, 0.5) is 0 Å². The van der Waals surface area contributed by atoms with Gasteiger partial charge in [0.05, 0.1) is 12.8 Å². The lowest BCUT2D eigenvalue weighted by molar-refractivity contribution is 0.415. The maximum atomic E-state index is 12.7. The van der Waals surface area contributed by atoms with Gasteiger partial charge in [0.1, 0.15) is 11.4 Å². The van der Waals surface area contributed by atoms with Gasteiger partial charge < -0.3 is 9.72 Å². The standard InChI is InChI=1S/C20H17N3O2/c1-25-16-9-7-15(8-10-16)18-13-23-19(12-21-18)22-17(20(23)24)11-14-5-3-2-4-6-14/h2-10,12-13,21H,11H2,1H3. The summed E-state index contributed by atoms with van der Waals surface area (Å²) in [5.74, 6) is 1.41. The van der Waals surface area contributed by atoms with Gasteiger partial charge >= 0.3 is 0 Å². The lowest BCUT2D eigenvalue weighted by Gasteiger charge is -2.07. The highest BCUT2D eigenvalue weighted by Crippen LogP contribution is 2.21. The Bertz CT molecular complexity index is 1020. The SMILES string of the molecule is COc1ccc(-c2cn3c(=O)c(Cc4ccccc4)nc-3c[nH]2)cc1. The predicted molar refractivity (Wildman–Crippen MR) is 96.6 cm³/mol. The Morgan fingerprint density at radius 2 is 1.84 bits per heavy atom. The number of hydrogen-bond acceptors (Lipinski definition) is 3. The van der Waals surface area contributed by atoms with Crippen LogP contribution in [-0.4, -0.2) is 21.6 Å². The second-order valence-electron chi connectivity index (χ2n) is 5.81. The molecule has 0 radical (unpaired) electrons. The average Bonchev–Trinajstić information content (AvgIpc) is 2.98. The molecule has 5 nitrogen and oxygen atoms in total. The zero-order valence-corrected chi connectivity index (χ0v) is 13.8. The van der Waals surface area contributed by atoms with E-state index in [1.807, 2.05) is 54.6 Å². The number of rotatable bonds is 4. The number of methoxy groups -OCH3 is 1. The Labute approximate surface area is 144 Å².